The second-order valence-corrected chi connectivity index (χ2v) is 12.4. The summed E-state index contributed by atoms with van der Waals surface area (Å²) < 4.78 is 13.9. The quantitative estimate of drug-likeness (QED) is 0.141. The van der Waals surface area contributed by atoms with E-state index in [0.717, 1.165) is 40.2 Å². The summed E-state index contributed by atoms with van der Waals surface area (Å²) in [5.74, 6) is 0.134. The molecule has 0 unspecified atom stereocenters. The number of hydrogen-bond donors (Lipinski definition) is 2. The minimum Gasteiger partial charge on any atom is -0.497 e. The zero-order valence-corrected chi connectivity index (χ0v) is 28.5. The maximum atomic E-state index is 14.3. The summed E-state index contributed by atoms with van der Waals surface area (Å²) in [6.45, 7) is 5.17. The lowest BCUT2D eigenvalue weighted by Gasteiger charge is -2.26. The maximum absolute atomic E-state index is 14.3. The molecule has 0 aliphatic carbocycles. The van der Waals surface area contributed by atoms with Crippen LogP contribution in [0.4, 0.5) is 32.3 Å². The second kappa shape index (κ2) is 13.8. The highest BCUT2D eigenvalue weighted by atomic mass is 16.5. The number of para-hydroxylation sites is 2. The van der Waals surface area contributed by atoms with Gasteiger partial charge in [-0.15, -0.1) is 0 Å². The standard InChI is InChI=1S/C39H38N4O7/c1-24-11-6-8-13-30(24)42(38(45)46)27-20-33(43(39(47)48)31-14-9-7-12-25(31)2)36-34(21-27)50-35(37(36)44)19-26-23-41(18-10-17-40(3)4)32-16-15-28(49-5)22-29(26)32/h6-9,11-16,19-23H,10,17-18H2,1-5H3,(H,45,46)(H,47,48)/b35-19-. The highest BCUT2D eigenvalue weighted by Gasteiger charge is 2.37. The van der Waals surface area contributed by atoms with Crippen molar-refractivity contribution < 1.29 is 34.1 Å². The van der Waals surface area contributed by atoms with Crippen molar-refractivity contribution in [3.05, 3.63) is 113 Å². The number of aryl methyl sites for hydroxylation is 3. The Morgan fingerprint density at radius 1 is 0.860 bits per heavy atom. The van der Waals surface area contributed by atoms with E-state index in [1.165, 1.54) is 12.1 Å². The van der Waals surface area contributed by atoms with Gasteiger partial charge in [0.05, 0.1) is 35.4 Å². The van der Waals surface area contributed by atoms with Crippen LogP contribution in [-0.4, -0.2) is 65.4 Å². The maximum Gasteiger partial charge on any atom is 0.416 e. The van der Waals surface area contributed by atoms with E-state index in [9.17, 15) is 24.6 Å². The molecule has 1 aromatic heterocycles. The van der Waals surface area contributed by atoms with E-state index in [1.807, 2.05) is 38.5 Å². The van der Waals surface area contributed by atoms with E-state index in [0.29, 0.717) is 33.8 Å². The van der Waals surface area contributed by atoms with Crippen LogP contribution >= 0.6 is 0 Å². The molecular weight excluding hydrogens is 636 g/mol. The van der Waals surface area contributed by atoms with Gasteiger partial charge in [-0.2, -0.15) is 0 Å². The third kappa shape index (κ3) is 6.38. The third-order valence-electron chi connectivity index (χ3n) is 8.74. The number of carboxylic acid groups (broad SMARTS) is 2. The van der Waals surface area contributed by atoms with Crippen LogP contribution in [0.15, 0.2) is 90.8 Å². The van der Waals surface area contributed by atoms with Crippen molar-refractivity contribution in [1.29, 1.82) is 0 Å². The molecule has 1 aliphatic rings. The number of anilines is 4. The topological polar surface area (TPSA) is 125 Å². The number of nitrogens with zero attached hydrogens (tertiary/aromatic N) is 4. The lowest BCUT2D eigenvalue weighted by molar-refractivity contribution is 0.101. The predicted molar refractivity (Wildman–Crippen MR) is 194 cm³/mol. The van der Waals surface area contributed by atoms with E-state index < -0.39 is 18.0 Å². The van der Waals surface area contributed by atoms with Gasteiger partial charge in [-0.1, -0.05) is 36.4 Å². The highest BCUT2D eigenvalue weighted by molar-refractivity contribution is 6.21. The molecule has 256 valence electrons. The number of carbonyl (C=O) groups is 3. The summed E-state index contributed by atoms with van der Waals surface area (Å²) >= 11 is 0. The fourth-order valence-corrected chi connectivity index (χ4v) is 6.33. The van der Waals surface area contributed by atoms with Crippen molar-refractivity contribution in [2.75, 3.05) is 37.5 Å². The molecule has 5 aromatic rings. The molecule has 6 rings (SSSR count). The monoisotopic (exact) mass is 674 g/mol. The fraction of sp³-hybridized carbons (Fsp3) is 0.205. The van der Waals surface area contributed by atoms with Gasteiger partial charge in [-0.3, -0.25) is 4.79 Å². The Labute approximate surface area is 289 Å². The molecule has 0 saturated heterocycles. The normalized spacial score (nSPS) is 13.1. The molecule has 0 radical (unpaired) electrons. The van der Waals surface area contributed by atoms with Gasteiger partial charge < -0.3 is 29.2 Å². The first-order valence-electron chi connectivity index (χ1n) is 16.1. The van der Waals surface area contributed by atoms with Crippen LogP contribution in [0.1, 0.15) is 33.5 Å². The Morgan fingerprint density at radius 2 is 1.50 bits per heavy atom. The van der Waals surface area contributed by atoms with E-state index in [4.69, 9.17) is 9.47 Å². The van der Waals surface area contributed by atoms with Crippen molar-refractivity contribution in [3.8, 4) is 11.5 Å². The van der Waals surface area contributed by atoms with Crippen molar-refractivity contribution in [1.82, 2.24) is 9.47 Å². The molecule has 0 bridgehead atoms. The molecule has 2 N–H and O–H groups in total. The number of hydrogen-bond acceptors (Lipinski definition) is 6. The van der Waals surface area contributed by atoms with Crippen LogP contribution in [0.5, 0.6) is 11.5 Å². The number of ether oxygens (including phenoxy) is 2. The third-order valence-corrected chi connectivity index (χ3v) is 8.74. The Bertz CT molecular complexity index is 2170. The van der Waals surface area contributed by atoms with Crippen LogP contribution in [-0.2, 0) is 6.54 Å². The zero-order chi connectivity index (χ0) is 35.7. The number of fused-ring (bicyclic) bond motifs is 2. The molecule has 4 aromatic carbocycles. The number of allylic oxidation sites excluding steroid dienone is 1. The molecule has 0 saturated carbocycles. The average molecular weight is 675 g/mol. The van der Waals surface area contributed by atoms with Crippen LogP contribution in [0.3, 0.4) is 0 Å². The molecule has 1 aliphatic heterocycles. The molecular formula is C39H38N4O7. The molecule has 2 heterocycles. The molecule has 0 spiro atoms. The summed E-state index contributed by atoms with van der Waals surface area (Å²) in [5, 5.41) is 21.9. The highest BCUT2D eigenvalue weighted by Crippen LogP contribution is 2.46. The number of amides is 2. The number of methoxy groups -OCH3 is 1. The first-order chi connectivity index (χ1) is 24.0. The molecule has 0 atom stereocenters. The first-order valence-corrected chi connectivity index (χ1v) is 16.1. The van der Waals surface area contributed by atoms with Gasteiger partial charge >= 0.3 is 12.2 Å². The van der Waals surface area contributed by atoms with Crippen molar-refractivity contribution >= 4 is 57.7 Å². The van der Waals surface area contributed by atoms with E-state index >= 15 is 0 Å². The number of rotatable bonds is 10. The van der Waals surface area contributed by atoms with Gasteiger partial charge in [-0.05, 0) is 94.5 Å². The van der Waals surface area contributed by atoms with E-state index in [2.05, 4.69) is 9.47 Å². The summed E-state index contributed by atoms with van der Waals surface area (Å²) in [7, 11) is 5.64. The minimum atomic E-state index is -1.35. The molecule has 11 nitrogen and oxygen atoms in total. The number of carbonyl (C=O) groups excluding carboxylic acids is 1. The summed E-state index contributed by atoms with van der Waals surface area (Å²) in [4.78, 5) is 44.3. The second-order valence-electron chi connectivity index (χ2n) is 12.4. The molecule has 2 amide bonds. The molecule has 11 heteroatoms. The Morgan fingerprint density at radius 3 is 2.10 bits per heavy atom. The lowest BCUT2D eigenvalue weighted by Crippen LogP contribution is -2.28. The number of ketones is 1. The Balaban J connectivity index is 1.54. The minimum absolute atomic E-state index is 0.00748. The van der Waals surface area contributed by atoms with Gasteiger partial charge in [-0.25, -0.2) is 19.4 Å². The average Bonchev–Trinajstić information content (AvgIpc) is 3.58. The smallest absolute Gasteiger partial charge is 0.416 e. The summed E-state index contributed by atoms with van der Waals surface area (Å²) in [6, 6.07) is 22.5. The molecule has 0 fully saturated rings. The first kappa shape index (κ1) is 33.8. The van der Waals surface area contributed by atoms with Gasteiger partial charge in [0, 0.05) is 35.3 Å². The van der Waals surface area contributed by atoms with Gasteiger partial charge in [0.25, 0.3) is 0 Å². The fourth-order valence-electron chi connectivity index (χ4n) is 6.33. The Kier molecular flexibility index (Phi) is 9.34. The van der Waals surface area contributed by atoms with Crippen molar-refractivity contribution in [2.24, 2.45) is 0 Å². The van der Waals surface area contributed by atoms with E-state index in [-0.39, 0.29) is 28.4 Å². The number of aromatic nitrogens is 1. The van der Waals surface area contributed by atoms with Crippen molar-refractivity contribution in [2.45, 2.75) is 26.8 Å². The Hall–Kier alpha value is -6.07. The summed E-state index contributed by atoms with van der Waals surface area (Å²) in [5.41, 5.74) is 3.76. The summed E-state index contributed by atoms with van der Waals surface area (Å²) in [6.07, 6.45) is 1.86. The van der Waals surface area contributed by atoms with Gasteiger partial charge in [0.15, 0.2) is 5.76 Å². The lowest BCUT2D eigenvalue weighted by atomic mass is 10.0. The largest absolute Gasteiger partial charge is 0.497 e. The van der Waals surface area contributed by atoms with E-state index in [1.54, 1.807) is 75.6 Å². The van der Waals surface area contributed by atoms with Crippen LogP contribution in [0.25, 0.3) is 17.0 Å². The number of benzene rings is 4. The zero-order valence-electron chi connectivity index (χ0n) is 28.5. The van der Waals surface area contributed by atoms with Gasteiger partial charge in [0.2, 0.25) is 5.78 Å². The van der Waals surface area contributed by atoms with Crippen LogP contribution < -0.4 is 19.3 Å². The number of Topliss-reactive ketones (excluding diaryl/α,β-unsaturated/α-hetero) is 1. The van der Waals surface area contributed by atoms with Crippen LogP contribution in [0, 0.1) is 13.8 Å². The molecule has 50 heavy (non-hydrogen) atoms. The predicted octanol–water partition coefficient (Wildman–Crippen LogP) is 8.47. The SMILES string of the molecule is COc1ccc2c(c1)c(/C=C1\Oc3cc(N(C(=O)O)c4ccccc4C)cc(N(C(=O)O)c4ccccc4C)c3C1=O)cn2CCCN(C)C. The van der Waals surface area contributed by atoms with Crippen molar-refractivity contribution in [3.63, 3.8) is 0 Å². The van der Waals surface area contributed by atoms with Gasteiger partial charge in [0.1, 0.15) is 11.5 Å². The van der Waals surface area contributed by atoms with Crippen LogP contribution in [0.2, 0.25) is 0 Å².